The van der Waals surface area contributed by atoms with E-state index in [-0.39, 0.29) is 83.2 Å². The maximum absolute atomic E-state index is 6.54. The molecule has 0 aliphatic heterocycles. The van der Waals surface area contributed by atoms with Crippen molar-refractivity contribution in [2.24, 2.45) is 0 Å². The van der Waals surface area contributed by atoms with Gasteiger partial charge < -0.3 is 4.42 Å². The van der Waals surface area contributed by atoms with Crippen LogP contribution in [0.2, 0.25) is 0 Å². The molecule has 0 aliphatic rings. The fourth-order valence-corrected chi connectivity index (χ4v) is 8.09. The fourth-order valence-electron chi connectivity index (χ4n) is 8.09. The molecule has 10 rings (SSSR count). The average Bonchev–Trinajstić information content (AvgIpc) is 3.63. The summed E-state index contributed by atoms with van der Waals surface area (Å²) in [5.41, 5.74) is 4.42. The number of nitrogens with zero attached hydrogens (tertiary/aromatic N) is 3. The Hall–Kier alpha value is -6.00. The molecule has 248 valence electrons. The Balaban J connectivity index is 1.13. The number of benzene rings is 8. The molecule has 0 unspecified atom stereocenters. The van der Waals surface area contributed by atoms with Crippen LogP contribution < -0.4 is 54.6 Å². The third-order valence-corrected chi connectivity index (χ3v) is 11.3. The Bertz CT molecular complexity index is 3300. The maximum Gasteiger partial charge on any atom is 0.164 e. The monoisotopic (exact) mass is 725 g/mol. The zero-order chi connectivity index (χ0) is 41.0. The summed E-state index contributed by atoms with van der Waals surface area (Å²) in [6.45, 7) is 0. The van der Waals surface area contributed by atoms with Gasteiger partial charge in [-0.1, -0.05) is 94.6 Å². The summed E-state index contributed by atoms with van der Waals surface area (Å²) in [6, 6.07) is 35.6. The number of fused-ring (bicyclic) bond motifs is 9. The molecule has 20 radical (unpaired) electrons. The molecular formula is C45H17B10N3O. The Morgan fingerprint density at radius 3 is 1.07 bits per heavy atom. The van der Waals surface area contributed by atoms with E-state index in [4.69, 9.17) is 92.8 Å². The standard InChI is InChI=1S/C45H17B10N3O/c46-33-31(34(47)38(51)41(54)37(33)50)44-56-43(57-45(58-44)32-35(48)39(52)42(55)40(53)36(32)49)20-11-14-27-26-13-10-19(16-29(26)59-30(27)17-20)18-9-12-25-23-7-2-1-5-21(23)22-6-3-4-8-24(22)28(25)15-18/h1-17H. The van der Waals surface area contributed by atoms with Gasteiger partial charge in [-0.15, -0.1) is 32.8 Å². The molecule has 0 saturated heterocycles. The summed E-state index contributed by atoms with van der Waals surface area (Å²) >= 11 is 0. The van der Waals surface area contributed by atoms with Gasteiger partial charge in [-0.25, -0.2) is 15.0 Å². The lowest BCUT2D eigenvalue weighted by molar-refractivity contribution is 0.669. The SMILES string of the molecule is [B]c1c([B])c([B])c(-c2nc(-c3ccc4c(c3)oc3cc(-c5ccc6c7ccccc7c7ccccc7c6c5)ccc34)nc(-c3c([B])c([B])c([B])c([B])c3[B])n2)c([B])c1[B]. The summed E-state index contributed by atoms with van der Waals surface area (Å²) < 4.78 is 6.54. The van der Waals surface area contributed by atoms with Gasteiger partial charge in [0.15, 0.2) is 17.5 Å². The summed E-state index contributed by atoms with van der Waals surface area (Å²) in [7, 11) is 63.1. The van der Waals surface area contributed by atoms with Crippen LogP contribution in [0.4, 0.5) is 0 Å². The highest BCUT2D eigenvalue weighted by Crippen LogP contribution is 2.39. The molecule has 0 N–H and O–H groups in total. The lowest BCUT2D eigenvalue weighted by Gasteiger charge is -2.22. The highest BCUT2D eigenvalue weighted by molar-refractivity contribution is 6.70. The van der Waals surface area contributed by atoms with Crippen molar-refractivity contribution in [2.75, 3.05) is 0 Å². The second kappa shape index (κ2) is 13.8. The van der Waals surface area contributed by atoms with Gasteiger partial charge in [-0.3, -0.25) is 0 Å². The molecule has 0 aliphatic carbocycles. The van der Waals surface area contributed by atoms with Gasteiger partial charge in [-0.2, -0.15) is 0 Å². The first-order valence-electron chi connectivity index (χ1n) is 18.5. The number of aromatic nitrogens is 3. The zero-order valence-corrected chi connectivity index (χ0v) is 31.3. The van der Waals surface area contributed by atoms with Gasteiger partial charge in [-0.05, 0) is 73.8 Å². The normalized spacial score (nSPS) is 11.7. The average molecular weight is 724 g/mol. The van der Waals surface area contributed by atoms with Crippen LogP contribution in [-0.2, 0) is 0 Å². The number of hydrogen-bond acceptors (Lipinski definition) is 4. The minimum Gasteiger partial charge on any atom is -0.456 e. The van der Waals surface area contributed by atoms with Crippen LogP contribution in [0, 0.1) is 0 Å². The smallest absolute Gasteiger partial charge is 0.164 e. The van der Waals surface area contributed by atoms with E-state index in [1.807, 2.05) is 18.2 Å². The summed E-state index contributed by atoms with van der Waals surface area (Å²) in [4.78, 5) is 14.3. The van der Waals surface area contributed by atoms with Gasteiger partial charge in [0.25, 0.3) is 0 Å². The van der Waals surface area contributed by atoms with Crippen LogP contribution >= 0.6 is 0 Å². The molecule has 0 saturated carbocycles. The van der Waals surface area contributed by atoms with Gasteiger partial charge >= 0.3 is 0 Å². The van der Waals surface area contributed by atoms with E-state index >= 15 is 0 Å². The molecule has 8 aromatic carbocycles. The second-order valence-corrected chi connectivity index (χ2v) is 14.6. The highest BCUT2D eigenvalue weighted by atomic mass is 16.3. The molecule has 2 heterocycles. The molecular weight excluding hydrogens is 707 g/mol. The first-order valence-corrected chi connectivity index (χ1v) is 18.5. The van der Waals surface area contributed by atoms with Gasteiger partial charge in [0.1, 0.15) is 89.6 Å². The van der Waals surface area contributed by atoms with Crippen LogP contribution in [0.1, 0.15) is 0 Å². The third-order valence-electron chi connectivity index (χ3n) is 11.3. The van der Waals surface area contributed by atoms with Gasteiger partial charge in [0, 0.05) is 27.5 Å². The molecule has 10 aromatic rings. The minimum absolute atomic E-state index is 0.0108. The van der Waals surface area contributed by atoms with E-state index in [1.54, 1.807) is 0 Å². The number of hydrogen-bond donors (Lipinski definition) is 0. The molecule has 0 atom stereocenters. The second-order valence-electron chi connectivity index (χ2n) is 14.6. The molecule has 0 bridgehead atoms. The van der Waals surface area contributed by atoms with E-state index in [0.29, 0.717) is 16.7 Å². The van der Waals surface area contributed by atoms with Gasteiger partial charge in [0.05, 0.1) is 0 Å². The van der Waals surface area contributed by atoms with Crippen molar-refractivity contribution in [2.45, 2.75) is 0 Å². The molecule has 0 spiro atoms. The Morgan fingerprint density at radius 1 is 0.288 bits per heavy atom. The van der Waals surface area contributed by atoms with Crippen molar-refractivity contribution in [3.05, 3.63) is 103 Å². The topological polar surface area (TPSA) is 51.8 Å². The third kappa shape index (κ3) is 5.70. The quantitative estimate of drug-likeness (QED) is 0.187. The first kappa shape index (κ1) is 37.3. The van der Waals surface area contributed by atoms with E-state index in [9.17, 15) is 0 Å². The molecule has 4 nitrogen and oxygen atoms in total. The van der Waals surface area contributed by atoms with E-state index in [0.717, 1.165) is 21.9 Å². The molecule has 2 aromatic heterocycles. The van der Waals surface area contributed by atoms with Crippen LogP contribution in [0.3, 0.4) is 0 Å². The lowest BCUT2D eigenvalue weighted by atomic mass is 9.60. The maximum atomic E-state index is 6.54. The largest absolute Gasteiger partial charge is 0.456 e. The molecule has 0 amide bonds. The fraction of sp³-hybridized carbons (Fsp3) is 0. The minimum atomic E-state index is 0.0108. The summed E-state index contributed by atoms with van der Waals surface area (Å²) in [5.74, 6) is 0.206. The van der Waals surface area contributed by atoms with Crippen molar-refractivity contribution in [3.8, 4) is 45.3 Å². The van der Waals surface area contributed by atoms with Crippen molar-refractivity contribution in [3.63, 3.8) is 0 Å². The van der Waals surface area contributed by atoms with Gasteiger partial charge in [0.2, 0.25) is 0 Å². The van der Waals surface area contributed by atoms with Crippen molar-refractivity contribution >= 4 is 187 Å². The molecule has 59 heavy (non-hydrogen) atoms. The van der Waals surface area contributed by atoms with E-state index in [2.05, 4.69) is 89.9 Å². The van der Waals surface area contributed by atoms with Crippen LogP contribution in [-0.4, -0.2) is 93.4 Å². The predicted octanol–water partition coefficient (Wildman–Crippen LogP) is -0.163. The number of rotatable bonds is 4. The molecule has 0 fully saturated rings. The van der Waals surface area contributed by atoms with E-state index in [1.165, 1.54) is 32.3 Å². The Kier molecular flexibility index (Phi) is 8.72. The van der Waals surface area contributed by atoms with Crippen LogP contribution in [0.5, 0.6) is 0 Å². The molecule has 14 heteroatoms. The number of furan rings is 1. The van der Waals surface area contributed by atoms with Crippen molar-refractivity contribution in [1.82, 2.24) is 15.0 Å². The highest BCUT2D eigenvalue weighted by Gasteiger charge is 2.22. The zero-order valence-electron chi connectivity index (χ0n) is 31.3. The Labute approximate surface area is 353 Å². The van der Waals surface area contributed by atoms with Crippen molar-refractivity contribution in [1.29, 1.82) is 0 Å². The summed E-state index contributed by atoms with van der Waals surface area (Å²) in [6.07, 6.45) is 0. The first-order chi connectivity index (χ1) is 28.4. The van der Waals surface area contributed by atoms with Crippen LogP contribution in [0.25, 0.3) is 99.5 Å². The van der Waals surface area contributed by atoms with E-state index < -0.39 is 0 Å². The summed E-state index contributed by atoms with van der Waals surface area (Å²) in [5, 5.41) is 9.08. The lowest BCUT2D eigenvalue weighted by Crippen LogP contribution is -2.55. The predicted molar refractivity (Wildman–Crippen MR) is 255 cm³/mol. The Morgan fingerprint density at radius 2 is 0.610 bits per heavy atom. The van der Waals surface area contributed by atoms with Crippen molar-refractivity contribution < 1.29 is 4.42 Å². The van der Waals surface area contributed by atoms with Crippen LogP contribution in [0.15, 0.2) is 108 Å².